The molecule has 0 saturated heterocycles. The predicted octanol–water partition coefficient (Wildman–Crippen LogP) is 2.48. The van der Waals surface area contributed by atoms with Gasteiger partial charge in [0.25, 0.3) is 10.0 Å². The number of nitrogens with one attached hydrogen (secondary N) is 1. The standard InChI is InChI=1S/C16H16N2O4S/c1-22-15-9-6-13(10-17-15)18-23(20,21)14-7-4-12(5-8-14)16(19)11-2-3-11/h4-11,18H,2-3H2,1H3. The summed E-state index contributed by atoms with van der Waals surface area (Å²) in [5.41, 5.74) is 0.890. The molecule has 1 aliphatic carbocycles. The Morgan fingerprint density at radius 2 is 1.87 bits per heavy atom. The number of pyridine rings is 1. The molecule has 2 aromatic rings. The summed E-state index contributed by atoms with van der Waals surface area (Å²) in [5.74, 6) is 0.595. The van der Waals surface area contributed by atoms with E-state index >= 15 is 0 Å². The van der Waals surface area contributed by atoms with Gasteiger partial charge in [-0.05, 0) is 31.0 Å². The molecule has 3 rings (SSSR count). The Hall–Kier alpha value is -2.41. The highest BCUT2D eigenvalue weighted by molar-refractivity contribution is 7.92. The summed E-state index contributed by atoms with van der Waals surface area (Å²) in [5, 5.41) is 0. The lowest BCUT2D eigenvalue weighted by Gasteiger charge is -2.09. The average Bonchev–Trinajstić information content (AvgIpc) is 3.40. The first-order chi connectivity index (χ1) is 11.0. The molecular weight excluding hydrogens is 316 g/mol. The summed E-state index contributed by atoms with van der Waals surface area (Å²) >= 11 is 0. The number of hydrogen-bond acceptors (Lipinski definition) is 5. The van der Waals surface area contributed by atoms with Gasteiger partial charge in [-0.3, -0.25) is 9.52 Å². The number of carbonyl (C=O) groups excluding carboxylic acids is 1. The molecule has 6 nitrogen and oxygen atoms in total. The lowest BCUT2D eigenvalue weighted by atomic mass is 10.1. The molecule has 1 N–H and O–H groups in total. The molecule has 1 heterocycles. The van der Waals surface area contributed by atoms with E-state index in [-0.39, 0.29) is 16.6 Å². The van der Waals surface area contributed by atoms with Crippen molar-refractivity contribution in [3.63, 3.8) is 0 Å². The number of hydrogen-bond donors (Lipinski definition) is 1. The first-order valence-corrected chi connectivity index (χ1v) is 8.65. The van der Waals surface area contributed by atoms with Crippen molar-refractivity contribution in [2.24, 2.45) is 5.92 Å². The maximum atomic E-state index is 12.3. The molecule has 0 unspecified atom stereocenters. The van der Waals surface area contributed by atoms with Crippen molar-refractivity contribution in [2.75, 3.05) is 11.8 Å². The van der Waals surface area contributed by atoms with Crippen LogP contribution in [0.2, 0.25) is 0 Å². The quantitative estimate of drug-likeness (QED) is 0.821. The molecule has 0 radical (unpaired) electrons. The van der Waals surface area contributed by atoms with Crippen LogP contribution in [0.25, 0.3) is 0 Å². The highest BCUT2D eigenvalue weighted by Gasteiger charge is 2.30. The summed E-state index contributed by atoms with van der Waals surface area (Å²) in [6.45, 7) is 0. The third kappa shape index (κ3) is 3.50. The molecule has 1 saturated carbocycles. The van der Waals surface area contributed by atoms with Crippen molar-refractivity contribution in [1.29, 1.82) is 0 Å². The first-order valence-electron chi connectivity index (χ1n) is 7.17. The van der Waals surface area contributed by atoms with Gasteiger partial charge in [-0.15, -0.1) is 0 Å². The Kier molecular flexibility index (Phi) is 4.04. The number of nitrogens with zero attached hydrogens (tertiary/aromatic N) is 1. The predicted molar refractivity (Wildman–Crippen MR) is 85.1 cm³/mol. The number of anilines is 1. The van der Waals surface area contributed by atoms with Crippen LogP contribution in [0.5, 0.6) is 5.88 Å². The van der Waals surface area contributed by atoms with Crippen molar-refractivity contribution in [2.45, 2.75) is 17.7 Å². The topological polar surface area (TPSA) is 85.4 Å². The van der Waals surface area contributed by atoms with Gasteiger partial charge in [-0.25, -0.2) is 13.4 Å². The molecule has 1 fully saturated rings. The lowest BCUT2D eigenvalue weighted by Crippen LogP contribution is -2.13. The summed E-state index contributed by atoms with van der Waals surface area (Å²) in [6, 6.07) is 9.12. The van der Waals surface area contributed by atoms with Crippen LogP contribution < -0.4 is 9.46 Å². The van der Waals surface area contributed by atoms with Gasteiger partial charge < -0.3 is 4.74 Å². The third-order valence-electron chi connectivity index (χ3n) is 3.59. The third-order valence-corrected chi connectivity index (χ3v) is 4.99. The number of carbonyl (C=O) groups is 1. The van der Waals surface area contributed by atoms with Gasteiger partial charge in [-0.1, -0.05) is 12.1 Å². The second-order valence-corrected chi connectivity index (χ2v) is 7.04. The minimum Gasteiger partial charge on any atom is -0.481 e. The van der Waals surface area contributed by atoms with E-state index in [0.29, 0.717) is 17.1 Å². The van der Waals surface area contributed by atoms with Gasteiger partial charge >= 0.3 is 0 Å². The number of Topliss-reactive ketones (excluding diaryl/α,β-unsaturated/α-hetero) is 1. The maximum absolute atomic E-state index is 12.3. The highest BCUT2D eigenvalue weighted by Crippen LogP contribution is 2.32. The van der Waals surface area contributed by atoms with Gasteiger partial charge in [-0.2, -0.15) is 0 Å². The molecule has 0 spiro atoms. The van der Waals surface area contributed by atoms with Crippen LogP contribution >= 0.6 is 0 Å². The van der Waals surface area contributed by atoms with Gasteiger partial charge in [0.1, 0.15) is 0 Å². The molecule has 1 aliphatic rings. The Balaban J connectivity index is 1.76. The minimum atomic E-state index is -3.72. The smallest absolute Gasteiger partial charge is 0.261 e. The number of benzene rings is 1. The van der Waals surface area contributed by atoms with Crippen molar-refractivity contribution >= 4 is 21.5 Å². The zero-order valence-electron chi connectivity index (χ0n) is 12.5. The second kappa shape index (κ2) is 6.00. The fourth-order valence-electron chi connectivity index (χ4n) is 2.16. The highest BCUT2D eigenvalue weighted by atomic mass is 32.2. The minimum absolute atomic E-state index is 0.0845. The van der Waals surface area contributed by atoms with Crippen LogP contribution in [0.4, 0.5) is 5.69 Å². The first kappa shape index (κ1) is 15.5. The molecule has 1 aromatic heterocycles. The van der Waals surface area contributed by atoms with Crippen molar-refractivity contribution in [3.05, 3.63) is 48.2 Å². The Morgan fingerprint density at radius 3 is 2.39 bits per heavy atom. The number of methoxy groups -OCH3 is 1. The van der Waals surface area contributed by atoms with Gasteiger partial charge in [0.15, 0.2) is 5.78 Å². The van der Waals surface area contributed by atoms with Gasteiger partial charge in [0.05, 0.1) is 23.9 Å². The number of rotatable bonds is 6. The number of ether oxygens (including phenoxy) is 1. The van der Waals surface area contributed by atoms with Gasteiger partial charge in [0.2, 0.25) is 5.88 Å². The van der Waals surface area contributed by atoms with E-state index in [1.54, 1.807) is 24.3 Å². The Labute approximate surface area is 134 Å². The Bertz CT molecular complexity index is 810. The SMILES string of the molecule is COc1ccc(NS(=O)(=O)c2ccc(C(=O)C3CC3)cc2)cn1. The van der Waals surface area contributed by atoms with Gasteiger partial charge in [0, 0.05) is 17.5 Å². The molecular formula is C16H16N2O4S. The normalized spacial score (nSPS) is 14.3. The van der Waals surface area contributed by atoms with E-state index in [1.165, 1.54) is 25.4 Å². The Morgan fingerprint density at radius 1 is 1.17 bits per heavy atom. The average molecular weight is 332 g/mol. The number of aromatic nitrogens is 1. The molecule has 0 bridgehead atoms. The fourth-order valence-corrected chi connectivity index (χ4v) is 3.20. The molecule has 23 heavy (non-hydrogen) atoms. The molecule has 0 atom stereocenters. The van der Waals surface area contributed by atoms with Crippen LogP contribution in [0.3, 0.4) is 0 Å². The van der Waals surface area contributed by atoms with E-state index in [2.05, 4.69) is 9.71 Å². The van der Waals surface area contributed by atoms with E-state index in [0.717, 1.165) is 12.8 Å². The molecule has 0 amide bonds. The summed E-state index contributed by atoms with van der Waals surface area (Å²) in [4.78, 5) is 16.0. The zero-order valence-corrected chi connectivity index (χ0v) is 13.3. The van der Waals surface area contributed by atoms with Crippen LogP contribution in [0, 0.1) is 5.92 Å². The summed E-state index contributed by atoms with van der Waals surface area (Å²) < 4.78 is 32.0. The number of ketones is 1. The van der Waals surface area contributed by atoms with Crippen LogP contribution in [0.15, 0.2) is 47.5 Å². The van der Waals surface area contributed by atoms with E-state index in [9.17, 15) is 13.2 Å². The van der Waals surface area contributed by atoms with Crippen molar-refractivity contribution in [3.8, 4) is 5.88 Å². The lowest BCUT2D eigenvalue weighted by molar-refractivity contribution is 0.0967. The number of sulfonamides is 1. The fraction of sp³-hybridized carbons (Fsp3) is 0.250. The summed E-state index contributed by atoms with van der Waals surface area (Å²) in [6.07, 6.45) is 3.22. The van der Waals surface area contributed by atoms with Crippen LogP contribution in [-0.2, 0) is 10.0 Å². The second-order valence-electron chi connectivity index (χ2n) is 5.36. The maximum Gasteiger partial charge on any atom is 0.261 e. The largest absolute Gasteiger partial charge is 0.481 e. The van der Waals surface area contributed by atoms with Crippen LogP contribution in [0.1, 0.15) is 23.2 Å². The van der Waals surface area contributed by atoms with Crippen molar-refractivity contribution in [1.82, 2.24) is 4.98 Å². The molecule has 7 heteroatoms. The van der Waals surface area contributed by atoms with E-state index in [4.69, 9.17) is 4.74 Å². The van der Waals surface area contributed by atoms with E-state index in [1.807, 2.05) is 0 Å². The molecule has 0 aliphatic heterocycles. The summed E-state index contributed by atoms with van der Waals surface area (Å²) in [7, 11) is -2.24. The molecule has 120 valence electrons. The monoisotopic (exact) mass is 332 g/mol. The van der Waals surface area contributed by atoms with Crippen LogP contribution in [-0.4, -0.2) is 26.3 Å². The van der Waals surface area contributed by atoms with E-state index < -0.39 is 10.0 Å². The molecule has 1 aromatic carbocycles. The zero-order chi connectivity index (χ0) is 16.4. The van der Waals surface area contributed by atoms with Crippen molar-refractivity contribution < 1.29 is 17.9 Å².